The third-order valence-electron chi connectivity index (χ3n) is 5.83. The fourth-order valence-electron chi connectivity index (χ4n) is 4.23. The Morgan fingerprint density at radius 2 is 1.88 bits per heavy atom. The van der Waals surface area contributed by atoms with E-state index in [4.69, 9.17) is 9.15 Å². The fraction of sp³-hybridized carbons (Fsp3) is 0.200. The van der Waals surface area contributed by atoms with Gasteiger partial charge in [-0.15, -0.1) is 0 Å². The van der Waals surface area contributed by atoms with Gasteiger partial charge < -0.3 is 14.5 Å². The van der Waals surface area contributed by atoms with Crippen LogP contribution in [0.5, 0.6) is 5.75 Å². The lowest BCUT2D eigenvalue weighted by Crippen LogP contribution is -2.13. The minimum absolute atomic E-state index is 0.148. The van der Waals surface area contributed by atoms with E-state index in [2.05, 4.69) is 10.4 Å². The van der Waals surface area contributed by atoms with Crippen LogP contribution in [0.4, 0.5) is 18.9 Å². The van der Waals surface area contributed by atoms with Crippen molar-refractivity contribution in [3.63, 3.8) is 0 Å². The number of nitrogens with zero attached hydrogens (tertiary/aromatic N) is 2. The Balaban J connectivity index is 1.50. The molecule has 5 rings (SSSR count). The number of fused-ring (bicyclic) bond motifs is 3. The normalized spacial score (nSPS) is 12.7. The first kappa shape index (κ1) is 21.8. The van der Waals surface area contributed by atoms with E-state index in [0.29, 0.717) is 46.1 Å². The van der Waals surface area contributed by atoms with Gasteiger partial charge in [-0.25, -0.2) is 4.68 Å². The highest BCUT2D eigenvalue weighted by atomic mass is 19.4. The number of methoxy groups -OCH3 is 1. The number of hydrogen-bond acceptors (Lipinski definition) is 4. The molecule has 1 aliphatic rings. The summed E-state index contributed by atoms with van der Waals surface area (Å²) in [6.45, 7) is 1.90. The lowest BCUT2D eigenvalue weighted by atomic mass is 9.94. The Kier molecular flexibility index (Phi) is 5.19. The van der Waals surface area contributed by atoms with E-state index in [0.717, 1.165) is 5.56 Å². The monoisotopic (exact) mass is 467 g/mol. The first-order valence-electron chi connectivity index (χ1n) is 10.6. The van der Waals surface area contributed by atoms with Gasteiger partial charge >= 0.3 is 6.18 Å². The number of ether oxygens (including phenoxy) is 1. The highest BCUT2D eigenvalue weighted by Crippen LogP contribution is 2.42. The Morgan fingerprint density at radius 3 is 2.59 bits per heavy atom. The molecular formula is C25H20F3N3O3. The molecule has 0 saturated carbocycles. The molecule has 34 heavy (non-hydrogen) atoms. The van der Waals surface area contributed by atoms with Gasteiger partial charge in [-0.2, -0.15) is 18.3 Å². The molecule has 1 aliphatic carbocycles. The zero-order valence-corrected chi connectivity index (χ0v) is 18.4. The van der Waals surface area contributed by atoms with Crippen molar-refractivity contribution in [2.75, 3.05) is 12.4 Å². The second-order valence-corrected chi connectivity index (χ2v) is 8.05. The van der Waals surface area contributed by atoms with Crippen LogP contribution in [0.15, 0.2) is 59.2 Å². The number of anilines is 1. The van der Waals surface area contributed by atoms with Crippen LogP contribution in [-0.2, 0) is 19.0 Å². The number of furan rings is 1. The molecule has 174 valence electrons. The molecule has 9 heteroatoms. The summed E-state index contributed by atoms with van der Waals surface area (Å²) < 4.78 is 53.1. The fourth-order valence-corrected chi connectivity index (χ4v) is 4.23. The van der Waals surface area contributed by atoms with E-state index >= 15 is 0 Å². The molecule has 0 aliphatic heterocycles. The lowest BCUT2D eigenvalue weighted by Gasteiger charge is -2.15. The smallest absolute Gasteiger partial charge is 0.435 e. The predicted molar refractivity (Wildman–Crippen MR) is 119 cm³/mol. The van der Waals surface area contributed by atoms with Gasteiger partial charge in [0.25, 0.3) is 5.91 Å². The highest BCUT2D eigenvalue weighted by molar-refractivity contribution is 6.05. The summed E-state index contributed by atoms with van der Waals surface area (Å²) in [4.78, 5) is 12.8. The number of nitrogens with one attached hydrogen (secondary N) is 1. The van der Waals surface area contributed by atoms with Crippen molar-refractivity contribution in [1.82, 2.24) is 9.78 Å². The zero-order chi connectivity index (χ0) is 24.0. The number of rotatable bonds is 4. The van der Waals surface area contributed by atoms with E-state index in [1.807, 2.05) is 13.0 Å². The van der Waals surface area contributed by atoms with Crippen LogP contribution in [-0.4, -0.2) is 22.8 Å². The predicted octanol–water partition coefficient (Wildman–Crippen LogP) is 5.82. The van der Waals surface area contributed by atoms with Gasteiger partial charge in [0.2, 0.25) is 0 Å². The van der Waals surface area contributed by atoms with E-state index < -0.39 is 11.9 Å². The molecule has 2 heterocycles. The Labute approximate surface area is 193 Å². The topological polar surface area (TPSA) is 69.3 Å². The quantitative estimate of drug-likeness (QED) is 0.411. The summed E-state index contributed by atoms with van der Waals surface area (Å²) in [6, 6.07) is 13.3. The number of hydrogen-bond donors (Lipinski definition) is 1. The molecule has 1 amide bonds. The van der Waals surface area contributed by atoms with Crippen LogP contribution >= 0.6 is 0 Å². The van der Waals surface area contributed by atoms with Gasteiger partial charge in [0.1, 0.15) is 11.5 Å². The number of carbonyl (C=O) groups is 1. The van der Waals surface area contributed by atoms with Crippen LogP contribution in [0.25, 0.3) is 16.9 Å². The molecule has 0 atom stereocenters. The third kappa shape index (κ3) is 3.72. The van der Waals surface area contributed by atoms with Crippen LogP contribution in [0.2, 0.25) is 0 Å². The number of alkyl halides is 3. The summed E-state index contributed by atoms with van der Waals surface area (Å²) >= 11 is 0. The molecular weight excluding hydrogens is 447 g/mol. The van der Waals surface area contributed by atoms with Crippen molar-refractivity contribution in [1.29, 1.82) is 0 Å². The average Bonchev–Trinajstić information content (AvgIpc) is 3.43. The summed E-state index contributed by atoms with van der Waals surface area (Å²) in [5, 5.41) is 6.73. The zero-order valence-electron chi connectivity index (χ0n) is 18.4. The van der Waals surface area contributed by atoms with Gasteiger partial charge in [0.15, 0.2) is 5.69 Å². The Morgan fingerprint density at radius 1 is 1.12 bits per heavy atom. The van der Waals surface area contributed by atoms with Crippen molar-refractivity contribution >= 4 is 11.6 Å². The molecule has 0 saturated heterocycles. The summed E-state index contributed by atoms with van der Waals surface area (Å²) in [6.07, 6.45) is -2.55. The number of aromatic nitrogens is 2. The molecule has 0 bridgehead atoms. The average molecular weight is 467 g/mol. The third-order valence-corrected chi connectivity index (χ3v) is 5.83. The van der Waals surface area contributed by atoms with Crippen molar-refractivity contribution in [3.05, 3.63) is 82.9 Å². The van der Waals surface area contributed by atoms with Crippen molar-refractivity contribution < 1.29 is 27.1 Å². The molecule has 2 aromatic carbocycles. The number of benzene rings is 2. The largest absolute Gasteiger partial charge is 0.495 e. The molecule has 2 aromatic heterocycles. The SMILES string of the molecule is COc1ccc(C)cc1NC(=O)c1ccc(-n2nc(C(F)(F)F)c3c2-c2ccoc2CC3)cc1. The molecule has 0 spiro atoms. The number of amides is 1. The van der Waals surface area contributed by atoms with E-state index in [1.54, 1.807) is 42.5 Å². The van der Waals surface area contributed by atoms with Gasteiger partial charge in [0.05, 0.1) is 30.4 Å². The maximum Gasteiger partial charge on any atom is 0.435 e. The summed E-state index contributed by atoms with van der Waals surface area (Å²) in [7, 11) is 1.51. The maximum absolute atomic E-state index is 13.7. The Hall–Kier alpha value is -4.01. The summed E-state index contributed by atoms with van der Waals surface area (Å²) in [5.74, 6) is 0.783. The van der Waals surface area contributed by atoms with Gasteiger partial charge in [0, 0.05) is 23.1 Å². The van der Waals surface area contributed by atoms with Crippen LogP contribution in [0.3, 0.4) is 0 Å². The molecule has 0 unspecified atom stereocenters. The molecule has 4 aromatic rings. The van der Waals surface area contributed by atoms with E-state index in [9.17, 15) is 18.0 Å². The molecule has 1 N–H and O–H groups in total. The van der Waals surface area contributed by atoms with Crippen molar-refractivity contribution in [3.8, 4) is 22.7 Å². The van der Waals surface area contributed by atoms with E-state index in [1.165, 1.54) is 18.1 Å². The van der Waals surface area contributed by atoms with Crippen molar-refractivity contribution in [2.45, 2.75) is 25.9 Å². The second kappa shape index (κ2) is 8.09. The van der Waals surface area contributed by atoms with Crippen molar-refractivity contribution in [2.24, 2.45) is 0 Å². The standard InChI is InChI=1S/C25H20F3N3O3/c1-14-3-9-21(33-2)19(13-14)29-24(32)15-4-6-16(7-5-15)31-22-17-11-12-34-20(17)10-8-18(22)23(30-31)25(26,27)28/h3-7,9,11-13H,8,10H2,1-2H3,(H,29,32). The molecule has 0 radical (unpaired) electrons. The van der Waals surface area contributed by atoms with Crippen LogP contribution < -0.4 is 10.1 Å². The second-order valence-electron chi connectivity index (χ2n) is 8.05. The van der Waals surface area contributed by atoms with Crippen LogP contribution in [0, 0.1) is 6.92 Å². The minimum atomic E-state index is -4.58. The first-order chi connectivity index (χ1) is 16.3. The number of carbonyl (C=O) groups excluding carboxylic acids is 1. The number of aryl methyl sites for hydroxylation is 2. The minimum Gasteiger partial charge on any atom is -0.495 e. The first-order valence-corrected chi connectivity index (χ1v) is 10.6. The molecule has 6 nitrogen and oxygen atoms in total. The van der Waals surface area contributed by atoms with Crippen LogP contribution in [0.1, 0.15) is 32.9 Å². The van der Waals surface area contributed by atoms with Gasteiger partial charge in [-0.05, 0) is 61.4 Å². The summed E-state index contributed by atoms with van der Waals surface area (Å²) in [5.41, 5.74) is 2.44. The molecule has 0 fully saturated rings. The lowest BCUT2D eigenvalue weighted by molar-refractivity contribution is -0.142. The maximum atomic E-state index is 13.7. The highest BCUT2D eigenvalue weighted by Gasteiger charge is 2.41. The number of halogens is 3. The van der Waals surface area contributed by atoms with Gasteiger partial charge in [-0.1, -0.05) is 6.07 Å². The Bertz CT molecular complexity index is 1380. The van der Waals surface area contributed by atoms with Gasteiger partial charge in [-0.3, -0.25) is 4.79 Å². The van der Waals surface area contributed by atoms with E-state index in [-0.39, 0.29) is 17.9 Å².